The van der Waals surface area contributed by atoms with Crippen molar-refractivity contribution in [1.82, 2.24) is 4.98 Å². The number of aromatic hydroxyl groups is 1. The average molecular weight is 285 g/mol. The number of aromatic nitrogens is 1. The van der Waals surface area contributed by atoms with Gasteiger partial charge in [-0.2, -0.15) is 0 Å². The number of hydrogen-bond acceptors (Lipinski definition) is 3. The van der Waals surface area contributed by atoms with Crippen molar-refractivity contribution < 1.29 is 5.11 Å². The predicted octanol–water partition coefficient (Wildman–Crippen LogP) is 4.36. The van der Waals surface area contributed by atoms with Crippen molar-refractivity contribution in [2.45, 2.75) is 0 Å². The second kappa shape index (κ2) is 5.02. The third-order valence-corrected chi connectivity index (χ3v) is 3.52. The van der Waals surface area contributed by atoms with Gasteiger partial charge < -0.3 is 10.0 Å². The fraction of sp³-hybridized carbons (Fsp3) is 0.0625. The number of rotatable bonds is 2. The first-order valence-electron chi connectivity index (χ1n) is 6.22. The lowest BCUT2D eigenvalue weighted by Crippen LogP contribution is -2.09. The highest BCUT2D eigenvalue weighted by molar-refractivity contribution is 6.31. The number of phenols is 1. The monoisotopic (exact) mass is 284 g/mol. The Hall–Kier alpha value is -2.26. The zero-order valence-electron chi connectivity index (χ0n) is 10.9. The first-order valence-corrected chi connectivity index (χ1v) is 6.60. The Kier molecular flexibility index (Phi) is 3.20. The highest BCUT2D eigenvalue weighted by Crippen LogP contribution is 2.31. The molecule has 2 aromatic carbocycles. The molecule has 0 saturated heterocycles. The van der Waals surface area contributed by atoms with E-state index in [-0.39, 0.29) is 5.75 Å². The van der Waals surface area contributed by atoms with Crippen LogP contribution in [-0.2, 0) is 0 Å². The third kappa shape index (κ3) is 2.28. The first kappa shape index (κ1) is 12.8. The fourth-order valence-corrected chi connectivity index (χ4v) is 2.38. The topological polar surface area (TPSA) is 36.4 Å². The highest BCUT2D eigenvalue weighted by Gasteiger charge is 2.09. The maximum Gasteiger partial charge on any atom is 0.115 e. The molecule has 20 heavy (non-hydrogen) atoms. The summed E-state index contributed by atoms with van der Waals surface area (Å²) in [6.45, 7) is 0. The normalized spacial score (nSPS) is 10.7. The number of nitrogens with zero attached hydrogens (tertiary/aromatic N) is 2. The maximum atomic E-state index is 9.37. The van der Waals surface area contributed by atoms with Gasteiger partial charge >= 0.3 is 0 Å². The van der Waals surface area contributed by atoms with Gasteiger partial charge in [0.05, 0.1) is 11.2 Å². The van der Waals surface area contributed by atoms with Crippen LogP contribution in [0.15, 0.2) is 54.7 Å². The molecule has 3 rings (SSSR count). The molecular weight excluding hydrogens is 272 g/mol. The standard InChI is InChI=1S/C16H13ClN2O/c1-19(12-3-5-13(20)6-4-12)16-8-9-18-15-10-11(17)2-7-14(15)16/h2-10,20H,1H3. The van der Waals surface area contributed by atoms with Gasteiger partial charge in [-0.3, -0.25) is 4.98 Å². The summed E-state index contributed by atoms with van der Waals surface area (Å²) in [5, 5.41) is 11.1. The molecule has 0 aliphatic carbocycles. The molecule has 4 heteroatoms. The van der Waals surface area contributed by atoms with E-state index in [2.05, 4.69) is 9.88 Å². The third-order valence-electron chi connectivity index (χ3n) is 3.28. The van der Waals surface area contributed by atoms with Crippen LogP contribution in [-0.4, -0.2) is 17.1 Å². The molecule has 0 aliphatic rings. The van der Waals surface area contributed by atoms with E-state index in [9.17, 15) is 5.11 Å². The molecule has 0 amide bonds. The minimum Gasteiger partial charge on any atom is -0.508 e. The Labute approximate surface area is 122 Å². The number of anilines is 2. The largest absolute Gasteiger partial charge is 0.508 e. The zero-order valence-corrected chi connectivity index (χ0v) is 11.7. The minimum atomic E-state index is 0.258. The molecular formula is C16H13ClN2O. The Balaban J connectivity index is 2.11. The minimum absolute atomic E-state index is 0.258. The lowest BCUT2D eigenvalue weighted by Gasteiger charge is -2.21. The van der Waals surface area contributed by atoms with Crippen molar-refractivity contribution in [3.63, 3.8) is 0 Å². The molecule has 0 atom stereocenters. The van der Waals surface area contributed by atoms with Crippen LogP contribution in [0.5, 0.6) is 5.75 Å². The summed E-state index contributed by atoms with van der Waals surface area (Å²) in [4.78, 5) is 6.39. The smallest absolute Gasteiger partial charge is 0.115 e. The quantitative estimate of drug-likeness (QED) is 0.759. The number of hydrogen-bond donors (Lipinski definition) is 1. The Morgan fingerprint density at radius 1 is 1.05 bits per heavy atom. The summed E-state index contributed by atoms with van der Waals surface area (Å²) in [6, 6.07) is 14.7. The molecule has 100 valence electrons. The molecule has 3 aromatic rings. The number of fused-ring (bicyclic) bond motifs is 1. The van der Waals surface area contributed by atoms with E-state index in [4.69, 9.17) is 11.6 Å². The number of benzene rings is 2. The van der Waals surface area contributed by atoms with Gasteiger partial charge in [0, 0.05) is 29.3 Å². The van der Waals surface area contributed by atoms with Gasteiger partial charge in [-0.15, -0.1) is 0 Å². The van der Waals surface area contributed by atoms with Crippen molar-refractivity contribution >= 4 is 33.9 Å². The van der Waals surface area contributed by atoms with E-state index in [0.29, 0.717) is 5.02 Å². The van der Waals surface area contributed by atoms with Gasteiger partial charge in [-0.05, 0) is 48.5 Å². The Morgan fingerprint density at radius 3 is 2.55 bits per heavy atom. The Bertz CT molecular complexity index is 756. The van der Waals surface area contributed by atoms with Gasteiger partial charge in [0.2, 0.25) is 0 Å². The molecule has 0 saturated carbocycles. The second-order valence-corrected chi connectivity index (χ2v) is 5.00. The molecule has 0 radical (unpaired) electrons. The van der Waals surface area contributed by atoms with E-state index < -0.39 is 0 Å². The van der Waals surface area contributed by atoms with Crippen LogP contribution in [0, 0.1) is 0 Å². The van der Waals surface area contributed by atoms with Gasteiger partial charge in [-0.1, -0.05) is 11.6 Å². The van der Waals surface area contributed by atoms with Gasteiger partial charge in [0.15, 0.2) is 0 Å². The van der Waals surface area contributed by atoms with Crippen molar-refractivity contribution in [2.75, 3.05) is 11.9 Å². The molecule has 1 N–H and O–H groups in total. The molecule has 0 fully saturated rings. The number of phenolic OH excluding ortho intramolecular Hbond substituents is 1. The van der Waals surface area contributed by atoms with E-state index in [0.717, 1.165) is 22.3 Å². The van der Waals surface area contributed by atoms with E-state index in [1.54, 1.807) is 18.3 Å². The van der Waals surface area contributed by atoms with Crippen molar-refractivity contribution in [3.8, 4) is 5.75 Å². The fourth-order valence-electron chi connectivity index (χ4n) is 2.21. The molecule has 0 unspecified atom stereocenters. The lowest BCUT2D eigenvalue weighted by molar-refractivity contribution is 0.475. The number of pyridine rings is 1. The predicted molar refractivity (Wildman–Crippen MR) is 82.9 cm³/mol. The van der Waals surface area contributed by atoms with Crippen LogP contribution in [0.25, 0.3) is 10.9 Å². The SMILES string of the molecule is CN(c1ccc(O)cc1)c1ccnc2cc(Cl)ccc12. The van der Waals surface area contributed by atoms with Gasteiger partial charge in [0.25, 0.3) is 0 Å². The average Bonchev–Trinajstić information content (AvgIpc) is 2.46. The summed E-state index contributed by atoms with van der Waals surface area (Å²) in [5.74, 6) is 0.258. The van der Waals surface area contributed by atoms with Crippen LogP contribution in [0.1, 0.15) is 0 Å². The van der Waals surface area contributed by atoms with E-state index in [1.807, 2.05) is 43.4 Å². The molecule has 3 nitrogen and oxygen atoms in total. The lowest BCUT2D eigenvalue weighted by atomic mass is 10.1. The van der Waals surface area contributed by atoms with E-state index >= 15 is 0 Å². The van der Waals surface area contributed by atoms with Crippen LogP contribution < -0.4 is 4.90 Å². The molecule has 0 spiro atoms. The maximum absolute atomic E-state index is 9.37. The van der Waals surface area contributed by atoms with Gasteiger partial charge in [0.1, 0.15) is 5.75 Å². The van der Waals surface area contributed by atoms with Crippen molar-refractivity contribution in [1.29, 1.82) is 0 Å². The molecule has 0 aliphatic heterocycles. The van der Waals surface area contributed by atoms with Crippen LogP contribution >= 0.6 is 11.6 Å². The van der Waals surface area contributed by atoms with Crippen molar-refractivity contribution in [2.24, 2.45) is 0 Å². The molecule has 0 bridgehead atoms. The van der Waals surface area contributed by atoms with Crippen LogP contribution in [0.3, 0.4) is 0 Å². The zero-order chi connectivity index (χ0) is 14.1. The summed E-state index contributed by atoms with van der Waals surface area (Å²) >= 11 is 6.00. The van der Waals surface area contributed by atoms with Gasteiger partial charge in [-0.25, -0.2) is 0 Å². The summed E-state index contributed by atoms with van der Waals surface area (Å²) in [6.07, 6.45) is 1.77. The summed E-state index contributed by atoms with van der Waals surface area (Å²) in [5.41, 5.74) is 2.89. The summed E-state index contributed by atoms with van der Waals surface area (Å²) in [7, 11) is 1.98. The van der Waals surface area contributed by atoms with Crippen LogP contribution in [0.4, 0.5) is 11.4 Å². The van der Waals surface area contributed by atoms with E-state index in [1.165, 1.54) is 0 Å². The molecule has 1 aromatic heterocycles. The molecule has 1 heterocycles. The second-order valence-electron chi connectivity index (χ2n) is 4.57. The first-order chi connectivity index (χ1) is 9.65. The summed E-state index contributed by atoms with van der Waals surface area (Å²) < 4.78 is 0. The number of halogens is 1. The Morgan fingerprint density at radius 2 is 1.80 bits per heavy atom. The highest BCUT2D eigenvalue weighted by atomic mass is 35.5. The van der Waals surface area contributed by atoms with Crippen molar-refractivity contribution in [3.05, 3.63) is 59.8 Å². The van der Waals surface area contributed by atoms with Crippen LogP contribution in [0.2, 0.25) is 5.02 Å².